The SMILES string of the molecule is Cn1ncc(N)c1NS(=O)(=O)N1CCCC1. The molecule has 8 heteroatoms. The maximum atomic E-state index is 11.9. The summed E-state index contributed by atoms with van der Waals surface area (Å²) in [4.78, 5) is 0. The van der Waals surface area contributed by atoms with Gasteiger partial charge < -0.3 is 5.73 Å². The van der Waals surface area contributed by atoms with Crippen LogP contribution in [0.2, 0.25) is 0 Å². The molecule has 0 amide bonds. The van der Waals surface area contributed by atoms with E-state index in [0.717, 1.165) is 12.8 Å². The molecule has 1 aromatic heterocycles. The maximum Gasteiger partial charge on any atom is 0.302 e. The Bertz CT molecular complexity index is 455. The van der Waals surface area contributed by atoms with Crippen molar-refractivity contribution in [1.82, 2.24) is 14.1 Å². The van der Waals surface area contributed by atoms with Crippen molar-refractivity contribution in [1.29, 1.82) is 0 Å². The number of nitrogens with two attached hydrogens (primary N) is 1. The van der Waals surface area contributed by atoms with Crippen molar-refractivity contribution in [3.63, 3.8) is 0 Å². The van der Waals surface area contributed by atoms with Gasteiger partial charge in [-0.25, -0.2) is 0 Å². The highest BCUT2D eigenvalue weighted by Crippen LogP contribution is 2.20. The molecule has 0 saturated carbocycles. The Labute approximate surface area is 94.4 Å². The van der Waals surface area contributed by atoms with Crippen LogP contribution in [0.15, 0.2) is 6.20 Å². The zero-order chi connectivity index (χ0) is 11.8. The smallest absolute Gasteiger partial charge is 0.302 e. The van der Waals surface area contributed by atoms with Gasteiger partial charge in [0.25, 0.3) is 0 Å². The van der Waals surface area contributed by atoms with Crippen molar-refractivity contribution < 1.29 is 8.42 Å². The molecule has 2 rings (SSSR count). The summed E-state index contributed by atoms with van der Waals surface area (Å²) < 4.78 is 29.1. The molecule has 1 aliphatic heterocycles. The molecule has 1 aliphatic rings. The van der Waals surface area contributed by atoms with Crippen molar-refractivity contribution >= 4 is 21.7 Å². The summed E-state index contributed by atoms with van der Waals surface area (Å²) in [5.41, 5.74) is 5.94. The number of nitrogens with zero attached hydrogens (tertiary/aromatic N) is 3. The average Bonchev–Trinajstić information content (AvgIpc) is 2.83. The molecule has 3 N–H and O–H groups in total. The molecule has 0 aliphatic carbocycles. The summed E-state index contributed by atoms with van der Waals surface area (Å²) in [6, 6.07) is 0. The van der Waals surface area contributed by atoms with E-state index in [0.29, 0.717) is 24.6 Å². The fourth-order valence-corrected chi connectivity index (χ4v) is 3.06. The second-order valence-corrected chi connectivity index (χ2v) is 5.46. The van der Waals surface area contributed by atoms with E-state index in [9.17, 15) is 8.42 Å². The van der Waals surface area contributed by atoms with Gasteiger partial charge in [0.2, 0.25) is 0 Å². The lowest BCUT2D eigenvalue weighted by Crippen LogP contribution is -2.34. The minimum atomic E-state index is -3.49. The second kappa shape index (κ2) is 3.95. The predicted molar refractivity (Wildman–Crippen MR) is 61.0 cm³/mol. The third kappa shape index (κ3) is 1.98. The molecular weight excluding hydrogens is 230 g/mol. The summed E-state index contributed by atoms with van der Waals surface area (Å²) in [5.74, 6) is 0.312. The van der Waals surface area contributed by atoms with E-state index >= 15 is 0 Å². The van der Waals surface area contributed by atoms with Gasteiger partial charge in [-0.15, -0.1) is 0 Å². The minimum Gasteiger partial charge on any atom is -0.394 e. The van der Waals surface area contributed by atoms with Crippen molar-refractivity contribution in [2.45, 2.75) is 12.8 Å². The van der Waals surface area contributed by atoms with Crippen molar-refractivity contribution in [3.05, 3.63) is 6.20 Å². The first-order valence-corrected chi connectivity index (χ1v) is 6.50. The van der Waals surface area contributed by atoms with Crippen LogP contribution in [0.1, 0.15) is 12.8 Å². The van der Waals surface area contributed by atoms with E-state index in [2.05, 4.69) is 9.82 Å². The van der Waals surface area contributed by atoms with Gasteiger partial charge in [0.1, 0.15) is 0 Å². The van der Waals surface area contributed by atoms with Gasteiger partial charge in [0.05, 0.1) is 11.9 Å². The molecule has 1 aromatic rings. The molecule has 0 spiro atoms. The molecule has 16 heavy (non-hydrogen) atoms. The summed E-state index contributed by atoms with van der Waals surface area (Å²) in [6.45, 7) is 1.13. The van der Waals surface area contributed by atoms with E-state index < -0.39 is 10.2 Å². The topological polar surface area (TPSA) is 93.2 Å². The Morgan fingerprint density at radius 2 is 2.06 bits per heavy atom. The fourth-order valence-electron chi connectivity index (χ4n) is 1.69. The van der Waals surface area contributed by atoms with Crippen LogP contribution in [0.5, 0.6) is 0 Å². The Morgan fingerprint density at radius 3 is 2.56 bits per heavy atom. The predicted octanol–water partition coefficient (Wildman–Crippen LogP) is -0.245. The van der Waals surface area contributed by atoms with Gasteiger partial charge in [-0.3, -0.25) is 9.40 Å². The standard InChI is InChI=1S/C8H15N5O2S/c1-12-8(7(9)6-10-12)11-16(14,15)13-4-2-3-5-13/h6,11H,2-5,9H2,1H3. The molecule has 0 unspecified atom stereocenters. The van der Waals surface area contributed by atoms with E-state index in [1.165, 1.54) is 15.2 Å². The van der Waals surface area contributed by atoms with Crippen molar-refractivity contribution in [2.24, 2.45) is 7.05 Å². The van der Waals surface area contributed by atoms with Crippen LogP contribution < -0.4 is 10.5 Å². The molecule has 7 nitrogen and oxygen atoms in total. The number of hydrogen-bond acceptors (Lipinski definition) is 4. The quantitative estimate of drug-likeness (QED) is 0.768. The van der Waals surface area contributed by atoms with Gasteiger partial charge in [0, 0.05) is 20.1 Å². The number of nitrogen functional groups attached to an aromatic ring is 1. The first-order valence-electron chi connectivity index (χ1n) is 5.06. The first kappa shape index (κ1) is 11.2. The van der Waals surface area contributed by atoms with Crippen LogP contribution in [0.4, 0.5) is 11.5 Å². The van der Waals surface area contributed by atoms with Crippen LogP contribution in [0, 0.1) is 0 Å². The fraction of sp³-hybridized carbons (Fsp3) is 0.625. The van der Waals surface area contributed by atoms with Gasteiger partial charge in [-0.05, 0) is 12.8 Å². The van der Waals surface area contributed by atoms with E-state index in [4.69, 9.17) is 5.73 Å². The van der Waals surface area contributed by atoms with Gasteiger partial charge in [-0.2, -0.15) is 17.8 Å². The van der Waals surface area contributed by atoms with Crippen LogP contribution in [0.3, 0.4) is 0 Å². The molecule has 0 aromatic carbocycles. The summed E-state index contributed by atoms with van der Waals surface area (Å²) in [6.07, 6.45) is 3.23. The maximum absolute atomic E-state index is 11.9. The monoisotopic (exact) mass is 245 g/mol. The molecule has 0 radical (unpaired) electrons. The van der Waals surface area contributed by atoms with E-state index in [-0.39, 0.29) is 0 Å². The Kier molecular flexibility index (Phi) is 2.76. The molecular formula is C8H15N5O2S. The van der Waals surface area contributed by atoms with Crippen molar-refractivity contribution in [2.75, 3.05) is 23.5 Å². The number of anilines is 2. The largest absolute Gasteiger partial charge is 0.394 e. The van der Waals surface area contributed by atoms with Gasteiger partial charge in [0.15, 0.2) is 5.82 Å². The Morgan fingerprint density at radius 1 is 1.44 bits per heavy atom. The van der Waals surface area contributed by atoms with E-state index in [1.54, 1.807) is 7.05 Å². The van der Waals surface area contributed by atoms with Crippen LogP contribution in [-0.4, -0.2) is 35.6 Å². The highest BCUT2D eigenvalue weighted by Gasteiger charge is 2.26. The molecule has 0 atom stereocenters. The number of hydrogen-bond donors (Lipinski definition) is 2. The first-order chi connectivity index (χ1) is 7.50. The highest BCUT2D eigenvalue weighted by atomic mass is 32.2. The Hall–Kier alpha value is -1.28. The third-order valence-corrected chi connectivity index (χ3v) is 4.09. The van der Waals surface area contributed by atoms with Crippen LogP contribution in [-0.2, 0) is 17.3 Å². The van der Waals surface area contributed by atoms with E-state index in [1.807, 2.05) is 0 Å². The number of aryl methyl sites for hydroxylation is 1. The minimum absolute atomic E-state index is 0.312. The summed E-state index contributed by atoms with van der Waals surface area (Å²) >= 11 is 0. The van der Waals surface area contributed by atoms with Crippen molar-refractivity contribution in [3.8, 4) is 0 Å². The zero-order valence-electron chi connectivity index (χ0n) is 9.05. The highest BCUT2D eigenvalue weighted by molar-refractivity contribution is 7.90. The normalized spacial score (nSPS) is 17.8. The van der Waals surface area contributed by atoms with Crippen LogP contribution in [0.25, 0.3) is 0 Å². The lowest BCUT2D eigenvalue weighted by atomic mass is 10.4. The average molecular weight is 245 g/mol. The summed E-state index contributed by atoms with van der Waals surface area (Å²) in [7, 11) is -1.85. The Balaban J connectivity index is 2.20. The molecule has 1 saturated heterocycles. The lowest BCUT2D eigenvalue weighted by molar-refractivity contribution is 0.482. The number of rotatable bonds is 3. The lowest BCUT2D eigenvalue weighted by Gasteiger charge is -2.17. The van der Waals surface area contributed by atoms with Crippen LogP contribution >= 0.6 is 0 Å². The van der Waals surface area contributed by atoms with Gasteiger partial charge in [-0.1, -0.05) is 0 Å². The molecule has 1 fully saturated rings. The molecule has 2 heterocycles. The number of nitrogens with one attached hydrogen (secondary N) is 1. The number of aromatic nitrogens is 2. The second-order valence-electron chi connectivity index (χ2n) is 3.79. The molecule has 0 bridgehead atoms. The molecule has 90 valence electrons. The third-order valence-electron chi connectivity index (χ3n) is 2.60. The summed E-state index contributed by atoms with van der Waals surface area (Å²) in [5, 5.41) is 3.87. The zero-order valence-corrected chi connectivity index (χ0v) is 9.87. The van der Waals surface area contributed by atoms with Gasteiger partial charge >= 0.3 is 10.2 Å².